The van der Waals surface area contributed by atoms with Gasteiger partial charge in [0.2, 0.25) is 0 Å². The molecule has 3 aromatic carbocycles. The molecule has 0 bridgehead atoms. The number of benzene rings is 3. The maximum atomic E-state index is 12.8. The Morgan fingerprint density at radius 3 is 2.32 bits per heavy atom. The van der Waals surface area contributed by atoms with E-state index >= 15 is 0 Å². The van der Waals surface area contributed by atoms with E-state index in [2.05, 4.69) is 0 Å². The number of amides is 2. The standard InChI is InChI=1S/C26H17NO7/c1-32-18-9-10-19-16(12-23(28)34-22(19)13-18)14-33-26(31)15-5-4-6-17(11-15)27-24(29)20-7-2-3-8-21(20)25(27)30/h2-13H,14H2,1H3. The summed E-state index contributed by atoms with van der Waals surface area (Å²) in [6, 6.07) is 18.9. The molecule has 0 unspecified atom stereocenters. The summed E-state index contributed by atoms with van der Waals surface area (Å²) in [7, 11) is 1.50. The number of anilines is 1. The third-order valence-electron chi connectivity index (χ3n) is 5.53. The second kappa shape index (κ2) is 8.32. The fourth-order valence-electron chi connectivity index (χ4n) is 3.88. The number of rotatable bonds is 5. The highest BCUT2D eigenvalue weighted by molar-refractivity contribution is 6.34. The summed E-state index contributed by atoms with van der Waals surface area (Å²) in [6.45, 7) is -0.176. The largest absolute Gasteiger partial charge is 0.497 e. The van der Waals surface area contributed by atoms with Gasteiger partial charge in [-0.15, -0.1) is 0 Å². The van der Waals surface area contributed by atoms with Crippen LogP contribution in [0.3, 0.4) is 0 Å². The maximum absolute atomic E-state index is 12.8. The molecule has 1 aromatic heterocycles. The van der Waals surface area contributed by atoms with Crippen molar-refractivity contribution in [1.29, 1.82) is 0 Å². The lowest BCUT2D eigenvalue weighted by molar-refractivity contribution is 0.0473. The number of esters is 1. The highest BCUT2D eigenvalue weighted by Crippen LogP contribution is 2.29. The van der Waals surface area contributed by atoms with Crippen LogP contribution in [-0.4, -0.2) is 24.9 Å². The van der Waals surface area contributed by atoms with Crippen molar-refractivity contribution in [1.82, 2.24) is 0 Å². The molecule has 0 radical (unpaired) electrons. The summed E-state index contributed by atoms with van der Waals surface area (Å²) >= 11 is 0. The van der Waals surface area contributed by atoms with Crippen LogP contribution < -0.4 is 15.3 Å². The van der Waals surface area contributed by atoms with E-state index < -0.39 is 23.4 Å². The molecule has 8 heteroatoms. The minimum Gasteiger partial charge on any atom is -0.497 e. The Balaban J connectivity index is 1.38. The lowest BCUT2D eigenvalue weighted by Crippen LogP contribution is -2.29. The van der Waals surface area contributed by atoms with Crippen LogP contribution in [0, 0.1) is 0 Å². The van der Waals surface area contributed by atoms with E-state index in [1.807, 2.05) is 0 Å². The van der Waals surface area contributed by atoms with E-state index in [1.54, 1.807) is 54.6 Å². The van der Waals surface area contributed by atoms with Gasteiger partial charge in [-0.05, 0) is 42.5 Å². The van der Waals surface area contributed by atoms with Crippen molar-refractivity contribution in [3.63, 3.8) is 0 Å². The van der Waals surface area contributed by atoms with Crippen LogP contribution in [-0.2, 0) is 11.3 Å². The number of imide groups is 1. The molecular formula is C26H17NO7. The Bertz CT molecular complexity index is 1500. The first-order valence-electron chi connectivity index (χ1n) is 10.3. The van der Waals surface area contributed by atoms with Gasteiger partial charge in [0.15, 0.2) is 0 Å². The van der Waals surface area contributed by atoms with Gasteiger partial charge in [0.1, 0.15) is 17.9 Å². The van der Waals surface area contributed by atoms with Crippen molar-refractivity contribution in [3.8, 4) is 5.75 Å². The Labute approximate surface area is 192 Å². The average Bonchev–Trinajstić information content (AvgIpc) is 3.11. The Morgan fingerprint density at radius 1 is 0.882 bits per heavy atom. The molecule has 8 nitrogen and oxygen atoms in total. The smallest absolute Gasteiger partial charge is 0.338 e. The van der Waals surface area contributed by atoms with Crippen molar-refractivity contribution in [2.24, 2.45) is 0 Å². The number of nitrogens with zero attached hydrogens (tertiary/aromatic N) is 1. The number of carbonyl (C=O) groups is 3. The first-order valence-corrected chi connectivity index (χ1v) is 10.3. The number of fused-ring (bicyclic) bond motifs is 2. The fraction of sp³-hybridized carbons (Fsp3) is 0.0769. The van der Waals surface area contributed by atoms with Crippen LogP contribution in [0.1, 0.15) is 36.6 Å². The molecule has 1 aliphatic rings. The molecule has 1 aliphatic heterocycles. The molecule has 2 heterocycles. The molecule has 4 aromatic rings. The molecule has 0 atom stereocenters. The van der Waals surface area contributed by atoms with Crippen LogP contribution in [0.2, 0.25) is 0 Å². The molecule has 0 saturated carbocycles. The van der Waals surface area contributed by atoms with Gasteiger partial charge in [-0.3, -0.25) is 9.59 Å². The van der Waals surface area contributed by atoms with Gasteiger partial charge in [0.25, 0.3) is 11.8 Å². The van der Waals surface area contributed by atoms with Gasteiger partial charge in [-0.25, -0.2) is 14.5 Å². The molecule has 2 amide bonds. The zero-order valence-corrected chi connectivity index (χ0v) is 17.9. The summed E-state index contributed by atoms with van der Waals surface area (Å²) in [5.41, 5.74) is 1.24. The fourth-order valence-corrected chi connectivity index (χ4v) is 3.88. The van der Waals surface area contributed by atoms with Crippen LogP contribution in [0.15, 0.2) is 82.0 Å². The molecule has 0 N–H and O–H groups in total. The molecule has 168 valence electrons. The molecule has 0 fully saturated rings. The second-order valence-electron chi connectivity index (χ2n) is 7.57. The number of ether oxygens (including phenoxy) is 2. The maximum Gasteiger partial charge on any atom is 0.338 e. The Kier molecular flexibility index (Phi) is 5.18. The van der Waals surface area contributed by atoms with Crippen molar-refractivity contribution in [2.45, 2.75) is 6.61 Å². The van der Waals surface area contributed by atoms with E-state index in [9.17, 15) is 19.2 Å². The van der Waals surface area contributed by atoms with E-state index in [1.165, 1.54) is 25.3 Å². The lowest BCUT2D eigenvalue weighted by atomic mass is 10.1. The van der Waals surface area contributed by atoms with Gasteiger partial charge in [-0.1, -0.05) is 18.2 Å². The predicted molar refractivity (Wildman–Crippen MR) is 122 cm³/mol. The number of methoxy groups -OCH3 is 1. The molecule has 34 heavy (non-hydrogen) atoms. The number of hydrogen-bond acceptors (Lipinski definition) is 7. The summed E-state index contributed by atoms with van der Waals surface area (Å²) in [4.78, 5) is 51.2. The van der Waals surface area contributed by atoms with E-state index in [4.69, 9.17) is 13.9 Å². The van der Waals surface area contributed by atoms with E-state index in [-0.39, 0.29) is 17.9 Å². The molecular weight excluding hydrogens is 438 g/mol. The van der Waals surface area contributed by atoms with Gasteiger partial charge in [0.05, 0.1) is 29.5 Å². The zero-order chi connectivity index (χ0) is 23.8. The lowest BCUT2D eigenvalue weighted by Gasteiger charge is -2.15. The van der Waals surface area contributed by atoms with Gasteiger partial charge in [0, 0.05) is 23.1 Å². The quantitative estimate of drug-likeness (QED) is 0.255. The van der Waals surface area contributed by atoms with Crippen LogP contribution in [0.25, 0.3) is 11.0 Å². The molecule has 0 spiro atoms. The Hall–Kier alpha value is -4.72. The number of carbonyl (C=O) groups excluding carboxylic acids is 3. The van der Waals surface area contributed by atoms with Gasteiger partial charge >= 0.3 is 11.6 Å². The first-order chi connectivity index (χ1) is 16.5. The minimum atomic E-state index is -0.673. The molecule has 5 rings (SSSR count). The summed E-state index contributed by atoms with van der Waals surface area (Å²) in [5, 5.41) is 0.605. The molecule has 0 aliphatic carbocycles. The SMILES string of the molecule is COc1ccc2c(COC(=O)c3cccc(N4C(=O)c5ccccc5C4=O)c3)cc(=O)oc2c1. The zero-order valence-electron chi connectivity index (χ0n) is 17.9. The van der Waals surface area contributed by atoms with Crippen LogP contribution in [0.4, 0.5) is 5.69 Å². The Morgan fingerprint density at radius 2 is 1.62 bits per heavy atom. The second-order valence-corrected chi connectivity index (χ2v) is 7.57. The van der Waals surface area contributed by atoms with Crippen molar-refractivity contribution in [3.05, 3.63) is 105 Å². The normalized spacial score (nSPS) is 12.7. The van der Waals surface area contributed by atoms with Gasteiger partial charge < -0.3 is 13.9 Å². The topological polar surface area (TPSA) is 103 Å². The van der Waals surface area contributed by atoms with Crippen LogP contribution in [0.5, 0.6) is 5.75 Å². The first kappa shape index (κ1) is 21.1. The summed E-state index contributed by atoms with van der Waals surface area (Å²) in [6.07, 6.45) is 0. The minimum absolute atomic E-state index is 0.156. The predicted octanol–water partition coefficient (Wildman–Crippen LogP) is 3.96. The summed E-state index contributed by atoms with van der Waals surface area (Å²) < 4.78 is 15.8. The van der Waals surface area contributed by atoms with Crippen LogP contribution >= 0.6 is 0 Å². The third kappa shape index (κ3) is 3.61. The highest BCUT2D eigenvalue weighted by Gasteiger charge is 2.36. The van der Waals surface area contributed by atoms with E-state index in [0.29, 0.717) is 33.4 Å². The van der Waals surface area contributed by atoms with Crippen molar-refractivity contribution < 1.29 is 28.3 Å². The monoisotopic (exact) mass is 455 g/mol. The average molecular weight is 455 g/mol. The highest BCUT2D eigenvalue weighted by atomic mass is 16.5. The van der Waals surface area contributed by atoms with Crippen molar-refractivity contribution >= 4 is 34.4 Å². The van der Waals surface area contributed by atoms with Gasteiger partial charge in [-0.2, -0.15) is 0 Å². The van der Waals surface area contributed by atoms with E-state index in [0.717, 1.165) is 4.90 Å². The third-order valence-corrected chi connectivity index (χ3v) is 5.53. The number of hydrogen-bond donors (Lipinski definition) is 0. The summed E-state index contributed by atoms with van der Waals surface area (Å²) in [5.74, 6) is -1.06. The van der Waals surface area contributed by atoms with Crippen molar-refractivity contribution in [2.75, 3.05) is 12.0 Å². The molecule has 0 saturated heterocycles.